The molecule has 1 aromatic heterocycles. The average Bonchev–Trinajstić information content (AvgIpc) is 2.61. The number of nitrogens with zero attached hydrogens (tertiary/aromatic N) is 2. The summed E-state index contributed by atoms with van der Waals surface area (Å²) in [4.78, 5) is 6.88. The Bertz CT molecular complexity index is 738. The molecule has 3 nitrogen and oxygen atoms in total. The first kappa shape index (κ1) is 14.9. The van der Waals surface area contributed by atoms with E-state index in [0.29, 0.717) is 5.92 Å². The van der Waals surface area contributed by atoms with Crippen molar-refractivity contribution in [3.05, 3.63) is 54.7 Å². The Kier molecular flexibility index (Phi) is 3.51. The number of pyridine rings is 1. The summed E-state index contributed by atoms with van der Waals surface area (Å²) in [6.45, 7) is 8.44. The minimum atomic E-state index is -0.458. The van der Waals surface area contributed by atoms with Gasteiger partial charge in [0.05, 0.1) is 11.6 Å². The van der Waals surface area contributed by atoms with Crippen molar-refractivity contribution in [3.63, 3.8) is 0 Å². The molecule has 0 aliphatic carbocycles. The molecule has 4 heterocycles. The summed E-state index contributed by atoms with van der Waals surface area (Å²) in [5, 5.41) is 12.2. The van der Waals surface area contributed by atoms with E-state index in [1.54, 1.807) is 0 Å². The third-order valence-electron chi connectivity index (χ3n) is 6.07. The van der Waals surface area contributed by atoms with Crippen molar-refractivity contribution in [2.75, 3.05) is 13.1 Å². The molecular weight excluding hydrogens is 284 g/mol. The van der Waals surface area contributed by atoms with Crippen molar-refractivity contribution in [2.24, 2.45) is 11.3 Å². The molecule has 120 valence electrons. The number of fused-ring (bicyclic) bond motifs is 4. The second kappa shape index (κ2) is 5.43. The van der Waals surface area contributed by atoms with E-state index in [-0.39, 0.29) is 11.5 Å². The summed E-state index contributed by atoms with van der Waals surface area (Å²) in [7, 11) is 0. The molecule has 3 fully saturated rings. The Morgan fingerprint density at radius 3 is 2.96 bits per heavy atom. The van der Waals surface area contributed by atoms with Crippen LogP contribution in [0.4, 0.5) is 0 Å². The Morgan fingerprint density at radius 1 is 1.39 bits per heavy atom. The van der Waals surface area contributed by atoms with Crippen LogP contribution in [-0.2, 0) is 0 Å². The van der Waals surface area contributed by atoms with Crippen LogP contribution in [0.25, 0.3) is 10.9 Å². The van der Waals surface area contributed by atoms with Gasteiger partial charge in [0.25, 0.3) is 0 Å². The summed E-state index contributed by atoms with van der Waals surface area (Å²) in [5.74, 6) is 0.623. The molecule has 2 aromatic rings. The molecular formula is C20H24N2O. The Labute approximate surface area is 137 Å². The molecule has 0 spiro atoms. The summed E-state index contributed by atoms with van der Waals surface area (Å²) in [5.41, 5.74) is 2.15. The molecule has 5 rings (SSSR count). The third-order valence-corrected chi connectivity index (χ3v) is 6.07. The van der Waals surface area contributed by atoms with Gasteiger partial charge in [-0.15, -0.1) is 6.58 Å². The van der Waals surface area contributed by atoms with Gasteiger partial charge in [-0.25, -0.2) is 0 Å². The van der Waals surface area contributed by atoms with Gasteiger partial charge in [0.1, 0.15) is 0 Å². The molecule has 3 heteroatoms. The van der Waals surface area contributed by atoms with Gasteiger partial charge in [-0.05, 0) is 43.0 Å². The molecule has 3 aliphatic heterocycles. The lowest BCUT2D eigenvalue weighted by Crippen LogP contribution is -2.58. The predicted octanol–water partition coefficient (Wildman–Crippen LogP) is 3.55. The number of piperidine rings is 3. The van der Waals surface area contributed by atoms with Crippen LogP contribution >= 0.6 is 0 Å². The molecule has 3 aliphatic rings. The van der Waals surface area contributed by atoms with E-state index in [4.69, 9.17) is 0 Å². The van der Waals surface area contributed by atoms with Gasteiger partial charge in [-0.2, -0.15) is 0 Å². The van der Waals surface area contributed by atoms with Crippen LogP contribution in [0.15, 0.2) is 49.2 Å². The number of aliphatic hydroxyl groups is 1. The number of hydrogen-bond acceptors (Lipinski definition) is 3. The average molecular weight is 308 g/mol. The maximum atomic E-state index is 11.1. The molecule has 5 atom stereocenters. The number of para-hydroxylation sites is 1. The van der Waals surface area contributed by atoms with Crippen molar-refractivity contribution in [3.8, 4) is 0 Å². The summed E-state index contributed by atoms with van der Waals surface area (Å²) >= 11 is 0. The standard InChI is InChI=1S/C20H24N2O/c1-3-20(2)13-22-11-9-14(20)12-18(22)19(23)16-8-10-21-17-7-5-4-6-15(16)17/h3-8,10,14,18-19,23H,1,9,11-13H2,2H3/t14?,18-,19+,20-/m0/s1. The topological polar surface area (TPSA) is 36.4 Å². The largest absolute Gasteiger partial charge is 0.387 e. The van der Waals surface area contributed by atoms with Gasteiger partial charge in [-0.1, -0.05) is 31.2 Å². The first-order valence-electron chi connectivity index (χ1n) is 8.52. The molecule has 0 amide bonds. The normalized spacial score (nSPS) is 34.4. The molecule has 0 saturated carbocycles. The first-order chi connectivity index (χ1) is 11.1. The number of benzene rings is 1. The zero-order chi connectivity index (χ0) is 16.0. The second-order valence-corrected chi connectivity index (χ2v) is 7.33. The lowest BCUT2D eigenvalue weighted by atomic mass is 9.65. The van der Waals surface area contributed by atoms with Gasteiger partial charge in [0.15, 0.2) is 0 Å². The fourth-order valence-electron chi connectivity index (χ4n) is 4.55. The zero-order valence-electron chi connectivity index (χ0n) is 13.7. The van der Waals surface area contributed by atoms with Crippen LogP contribution in [0, 0.1) is 11.3 Å². The quantitative estimate of drug-likeness (QED) is 0.881. The minimum Gasteiger partial charge on any atom is -0.387 e. The zero-order valence-corrected chi connectivity index (χ0v) is 13.7. The van der Waals surface area contributed by atoms with Crippen molar-refractivity contribution in [2.45, 2.75) is 31.9 Å². The van der Waals surface area contributed by atoms with E-state index in [1.807, 2.05) is 30.5 Å². The van der Waals surface area contributed by atoms with E-state index in [0.717, 1.165) is 36.0 Å². The monoisotopic (exact) mass is 308 g/mol. The lowest BCUT2D eigenvalue weighted by molar-refractivity contribution is -0.0759. The van der Waals surface area contributed by atoms with E-state index in [1.165, 1.54) is 6.42 Å². The van der Waals surface area contributed by atoms with Gasteiger partial charge >= 0.3 is 0 Å². The molecule has 1 N–H and O–H groups in total. The number of aliphatic hydroxyl groups excluding tert-OH is 1. The Morgan fingerprint density at radius 2 is 2.22 bits per heavy atom. The lowest BCUT2D eigenvalue weighted by Gasteiger charge is -2.55. The van der Waals surface area contributed by atoms with Gasteiger partial charge in [0.2, 0.25) is 0 Å². The third kappa shape index (κ3) is 2.30. The second-order valence-electron chi connectivity index (χ2n) is 7.33. The number of hydrogen-bond donors (Lipinski definition) is 1. The van der Waals surface area contributed by atoms with Gasteiger partial charge < -0.3 is 5.11 Å². The molecule has 0 radical (unpaired) electrons. The Balaban J connectivity index is 1.68. The first-order valence-corrected chi connectivity index (χ1v) is 8.52. The van der Waals surface area contributed by atoms with E-state index in [9.17, 15) is 5.11 Å². The molecule has 1 aromatic carbocycles. The van der Waals surface area contributed by atoms with Crippen molar-refractivity contribution in [1.82, 2.24) is 9.88 Å². The van der Waals surface area contributed by atoms with Crippen LogP contribution in [0.2, 0.25) is 0 Å². The van der Waals surface area contributed by atoms with Crippen molar-refractivity contribution >= 4 is 10.9 Å². The number of aromatic nitrogens is 1. The van der Waals surface area contributed by atoms with Crippen LogP contribution in [0.1, 0.15) is 31.4 Å². The molecule has 2 unspecified atom stereocenters. The van der Waals surface area contributed by atoms with Gasteiger partial charge in [-0.3, -0.25) is 9.88 Å². The summed E-state index contributed by atoms with van der Waals surface area (Å²) in [6.07, 6.45) is 5.72. The molecule has 3 saturated heterocycles. The minimum absolute atomic E-state index is 0.189. The Hall–Kier alpha value is -1.71. The highest BCUT2D eigenvalue weighted by molar-refractivity contribution is 5.82. The fraction of sp³-hybridized carbons (Fsp3) is 0.450. The van der Waals surface area contributed by atoms with Gasteiger partial charge in [0, 0.05) is 29.6 Å². The maximum absolute atomic E-state index is 11.1. The van der Waals surface area contributed by atoms with Crippen LogP contribution in [-0.4, -0.2) is 34.1 Å². The van der Waals surface area contributed by atoms with Crippen LogP contribution in [0.5, 0.6) is 0 Å². The molecule has 2 bridgehead atoms. The van der Waals surface area contributed by atoms with Crippen LogP contribution < -0.4 is 0 Å². The predicted molar refractivity (Wildman–Crippen MR) is 93.1 cm³/mol. The SMILES string of the molecule is C=C[C@@]1(C)CN2CCC1C[C@H]2[C@H](O)c1ccnc2ccccc12. The van der Waals surface area contributed by atoms with E-state index in [2.05, 4.69) is 35.5 Å². The highest BCUT2D eigenvalue weighted by Crippen LogP contribution is 2.48. The van der Waals surface area contributed by atoms with E-state index >= 15 is 0 Å². The van der Waals surface area contributed by atoms with E-state index < -0.39 is 6.10 Å². The molecule has 23 heavy (non-hydrogen) atoms. The smallest absolute Gasteiger partial charge is 0.0952 e. The maximum Gasteiger partial charge on any atom is 0.0952 e. The fourth-order valence-corrected chi connectivity index (χ4v) is 4.55. The van der Waals surface area contributed by atoms with Crippen molar-refractivity contribution < 1.29 is 5.11 Å². The highest BCUT2D eigenvalue weighted by Gasteiger charge is 2.47. The highest BCUT2D eigenvalue weighted by atomic mass is 16.3. The summed E-state index contributed by atoms with van der Waals surface area (Å²) < 4.78 is 0. The summed E-state index contributed by atoms with van der Waals surface area (Å²) in [6, 6.07) is 10.3. The number of rotatable bonds is 3. The van der Waals surface area contributed by atoms with Crippen LogP contribution in [0.3, 0.4) is 0 Å². The van der Waals surface area contributed by atoms with Crippen molar-refractivity contribution in [1.29, 1.82) is 0 Å².